The molecule has 0 aromatic heterocycles. The maximum atomic E-state index is 12.3. The fourth-order valence-corrected chi connectivity index (χ4v) is 6.23. The summed E-state index contributed by atoms with van der Waals surface area (Å²) < 4.78 is 12.3. The molecule has 1 heterocycles. The van der Waals surface area contributed by atoms with Gasteiger partial charge < -0.3 is 4.57 Å². The zero-order valence-electron chi connectivity index (χ0n) is 8.55. The molecule has 0 aromatic carbocycles. The van der Waals surface area contributed by atoms with Gasteiger partial charge in [-0.3, -0.25) is 0 Å². The predicted octanol–water partition coefficient (Wildman–Crippen LogP) is 3.44. The van der Waals surface area contributed by atoms with Crippen LogP contribution in [0.15, 0.2) is 0 Å². The molecule has 0 N–H and O–H groups in total. The molecular formula is C10H21OP. The maximum absolute atomic E-state index is 12.3. The molecule has 1 nitrogen and oxygen atoms in total. The van der Waals surface area contributed by atoms with Gasteiger partial charge in [-0.2, -0.15) is 0 Å². The Hall–Kier alpha value is 0.230. The summed E-state index contributed by atoms with van der Waals surface area (Å²) in [6.07, 6.45) is 5.52. The first-order valence-electron chi connectivity index (χ1n) is 5.09. The zero-order chi connectivity index (χ0) is 9.19. The van der Waals surface area contributed by atoms with Gasteiger partial charge in [-0.15, -0.1) is 0 Å². The smallest absolute Gasteiger partial charge is 0.0882 e. The van der Waals surface area contributed by atoms with Crippen molar-refractivity contribution in [2.75, 3.05) is 18.5 Å². The fraction of sp³-hybridized carbons (Fsp3) is 1.00. The first-order valence-corrected chi connectivity index (χ1v) is 7.35. The van der Waals surface area contributed by atoms with Crippen LogP contribution in [-0.4, -0.2) is 18.5 Å². The van der Waals surface area contributed by atoms with Crippen molar-refractivity contribution in [3.63, 3.8) is 0 Å². The topological polar surface area (TPSA) is 17.1 Å². The van der Waals surface area contributed by atoms with Gasteiger partial charge in [0.25, 0.3) is 0 Å². The summed E-state index contributed by atoms with van der Waals surface area (Å²) in [4.78, 5) is 0. The molecule has 0 radical (unpaired) electrons. The Balaban J connectivity index is 2.52. The van der Waals surface area contributed by atoms with Crippen LogP contribution >= 0.6 is 7.14 Å². The minimum absolute atomic E-state index is 0.612. The van der Waals surface area contributed by atoms with Crippen molar-refractivity contribution in [3.8, 4) is 0 Å². The summed E-state index contributed by atoms with van der Waals surface area (Å²) in [7, 11) is -1.73. The van der Waals surface area contributed by atoms with Gasteiger partial charge in [0.2, 0.25) is 0 Å². The average molecular weight is 188 g/mol. The summed E-state index contributed by atoms with van der Waals surface area (Å²) in [5, 5.41) is 0. The van der Waals surface area contributed by atoms with Crippen molar-refractivity contribution in [2.24, 2.45) is 11.8 Å². The van der Waals surface area contributed by atoms with Crippen LogP contribution in [0.3, 0.4) is 0 Å². The second kappa shape index (κ2) is 3.96. The summed E-state index contributed by atoms with van der Waals surface area (Å²) >= 11 is 0. The largest absolute Gasteiger partial charge is 0.324 e. The Kier molecular flexibility index (Phi) is 3.40. The third kappa shape index (κ3) is 2.94. The zero-order valence-corrected chi connectivity index (χ0v) is 9.44. The molecule has 0 saturated carbocycles. The van der Waals surface area contributed by atoms with Gasteiger partial charge in [0.05, 0.1) is 7.14 Å². The minimum Gasteiger partial charge on any atom is -0.324 e. The van der Waals surface area contributed by atoms with Gasteiger partial charge in [-0.25, -0.2) is 0 Å². The normalized spacial score (nSPS) is 37.2. The van der Waals surface area contributed by atoms with Crippen LogP contribution in [0.2, 0.25) is 0 Å². The van der Waals surface area contributed by atoms with Crippen LogP contribution in [0.25, 0.3) is 0 Å². The molecule has 2 unspecified atom stereocenters. The Labute approximate surface area is 76.3 Å². The van der Waals surface area contributed by atoms with Crippen molar-refractivity contribution in [1.29, 1.82) is 0 Å². The van der Waals surface area contributed by atoms with E-state index >= 15 is 0 Å². The highest BCUT2D eigenvalue weighted by molar-refractivity contribution is 7.64. The van der Waals surface area contributed by atoms with E-state index < -0.39 is 7.14 Å². The van der Waals surface area contributed by atoms with Gasteiger partial charge in [-0.05, 0) is 24.7 Å². The molecule has 0 aromatic rings. The molecule has 12 heavy (non-hydrogen) atoms. The van der Waals surface area contributed by atoms with Gasteiger partial charge in [0.15, 0.2) is 0 Å². The molecule has 0 amide bonds. The van der Waals surface area contributed by atoms with E-state index in [-0.39, 0.29) is 0 Å². The van der Waals surface area contributed by atoms with Crippen LogP contribution in [0.4, 0.5) is 0 Å². The Morgan fingerprint density at radius 1 is 1.50 bits per heavy atom. The molecule has 1 aliphatic heterocycles. The van der Waals surface area contributed by atoms with Crippen LogP contribution in [-0.2, 0) is 4.57 Å². The molecule has 2 atom stereocenters. The lowest BCUT2D eigenvalue weighted by Gasteiger charge is -2.28. The van der Waals surface area contributed by atoms with Crippen LogP contribution in [0.5, 0.6) is 0 Å². The maximum Gasteiger partial charge on any atom is 0.0882 e. The standard InChI is InChI=1S/C10H21OP/c1-9(2)7-12(11)6-4-5-10(3)8-12/h9-10H,4-8H2,1-3H3. The number of hydrogen-bond acceptors (Lipinski definition) is 1. The second-order valence-electron chi connectivity index (χ2n) is 4.79. The van der Waals surface area contributed by atoms with Gasteiger partial charge in [0, 0.05) is 18.5 Å². The summed E-state index contributed by atoms with van der Waals surface area (Å²) in [6.45, 7) is 6.60. The van der Waals surface area contributed by atoms with E-state index in [1.54, 1.807) is 0 Å². The third-order valence-corrected chi connectivity index (χ3v) is 6.42. The highest BCUT2D eigenvalue weighted by atomic mass is 31.2. The Morgan fingerprint density at radius 3 is 2.67 bits per heavy atom. The first kappa shape index (κ1) is 10.3. The van der Waals surface area contributed by atoms with Crippen molar-refractivity contribution in [2.45, 2.75) is 33.6 Å². The molecule has 1 fully saturated rings. The van der Waals surface area contributed by atoms with Crippen molar-refractivity contribution >= 4 is 7.14 Å². The number of rotatable bonds is 2. The van der Waals surface area contributed by atoms with Crippen LogP contribution in [0, 0.1) is 11.8 Å². The highest BCUT2D eigenvalue weighted by Gasteiger charge is 2.29. The van der Waals surface area contributed by atoms with Crippen molar-refractivity contribution in [1.82, 2.24) is 0 Å². The Bertz CT molecular complexity index is 180. The van der Waals surface area contributed by atoms with E-state index in [9.17, 15) is 4.57 Å². The summed E-state index contributed by atoms with van der Waals surface area (Å²) in [5.41, 5.74) is 0. The molecular weight excluding hydrogens is 167 g/mol. The monoisotopic (exact) mass is 188 g/mol. The van der Waals surface area contributed by atoms with E-state index in [2.05, 4.69) is 20.8 Å². The fourth-order valence-electron chi connectivity index (χ4n) is 2.31. The minimum atomic E-state index is -1.73. The molecule has 0 spiro atoms. The van der Waals surface area contributed by atoms with Gasteiger partial charge in [-0.1, -0.05) is 20.8 Å². The van der Waals surface area contributed by atoms with Crippen molar-refractivity contribution < 1.29 is 4.57 Å². The molecule has 1 saturated heterocycles. The molecule has 0 aliphatic carbocycles. The van der Waals surface area contributed by atoms with Crippen LogP contribution in [0.1, 0.15) is 33.6 Å². The second-order valence-corrected chi connectivity index (χ2v) is 8.08. The third-order valence-electron chi connectivity index (χ3n) is 2.60. The van der Waals surface area contributed by atoms with Gasteiger partial charge >= 0.3 is 0 Å². The number of hydrogen-bond donors (Lipinski definition) is 0. The molecule has 1 aliphatic rings. The van der Waals surface area contributed by atoms with E-state index in [0.717, 1.165) is 18.5 Å². The highest BCUT2D eigenvalue weighted by Crippen LogP contribution is 2.53. The van der Waals surface area contributed by atoms with Gasteiger partial charge in [0.1, 0.15) is 0 Å². The Morgan fingerprint density at radius 2 is 2.17 bits per heavy atom. The predicted molar refractivity (Wildman–Crippen MR) is 55.4 cm³/mol. The molecule has 72 valence electrons. The SMILES string of the molecule is CC(C)CP1(=O)CCCC(C)C1. The molecule has 1 rings (SSSR count). The van der Waals surface area contributed by atoms with E-state index in [1.165, 1.54) is 12.8 Å². The van der Waals surface area contributed by atoms with E-state index in [4.69, 9.17) is 0 Å². The van der Waals surface area contributed by atoms with Crippen LogP contribution < -0.4 is 0 Å². The summed E-state index contributed by atoms with van der Waals surface area (Å²) in [6, 6.07) is 0. The van der Waals surface area contributed by atoms with E-state index in [0.29, 0.717) is 11.8 Å². The average Bonchev–Trinajstić information content (AvgIpc) is 1.82. The molecule has 0 bridgehead atoms. The van der Waals surface area contributed by atoms with E-state index in [1.807, 2.05) is 0 Å². The lowest BCUT2D eigenvalue weighted by Crippen LogP contribution is -2.16. The molecule has 2 heteroatoms. The lowest BCUT2D eigenvalue weighted by atomic mass is 10.1. The lowest BCUT2D eigenvalue weighted by molar-refractivity contribution is 0.505. The van der Waals surface area contributed by atoms with Crippen molar-refractivity contribution in [3.05, 3.63) is 0 Å². The quantitative estimate of drug-likeness (QED) is 0.607. The summed E-state index contributed by atoms with van der Waals surface area (Å²) in [5.74, 6) is 1.32. The first-order chi connectivity index (χ1) is 5.52.